The van der Waals surface area contributed by atoms with Crippen LogP contribution in [-0.2, 0) is 27.3 Å². The summed E-state index contributed by atoms with van der Waals surface area (Å²) in [5.41, 5.74) is 3.29. The Kier molecular flexibility index (Phi) is 8.50. The van der Waals surface area contributed by atoms with E-state index in [1.165, 1.54) is 0 Å². The first-order chi connectivity index (χ1) is 17.5. The number of anilines is 1. The Bertz CT molecular complexity index is 1160. The van der Waals surface area contributed by atoms with Gasteiger partial charge in [0.2, 0.25) is 5.91 Å². The van der Waals surface area contributed by atoms with Crippen LogP contribution in [0.1, 0.15) is 41.3 Å². The number of likely N-dealkylation sites (tertiary alicyclic amines) is 1. The molecule has 0 aliphatic carbocycles. The smallest absolute Gasteiger partial charge is 0.310 e. The normalized spacial score (nSPS) is 15.2. The van der Waals surface area contributed by atoms with E-state index in [2.05, 4.69) is 0 Å². The predicted octanol–water partition coefficient (Wildman–Crippen LogP) is 4.88. The third kappa shape index (κ3) is 6.39. The molecule has 186 valence electrons. The van der Waals surface area contributed by atoms with Crippen LogP contribution < -0.4 is 4.90 Å². The van der Waals surface area contributed by atoms with Crippen LogP contribution in [-0.4, -0.2) is 42.4 Å². The van der Waals surface area contributed by atoms with Crippen LogP contribution in [0.3, 0.4) is 0 Å². The Morgan fingerprint density at radius 2 is 1.56 bits per heavy atom. The highest BCUT2D eigenvalue weighted by atomic mass is 16.5. The number of piperidine rings is 1. The first-order valence-electron chi connectivity index (χ1n) is 12.5. The average Bonchev–Trinajstić information content (AvgIpc) is 2.93. The fourth-order valence-corrected chi connectivity index (χ4v) is 4.52. The fraction of sp³-hybridized carbons (Fsp3) is 0.300. The Morgan fingerprint density at radius 1 is 0.889 bits per heavy atom. The molecule has 1 aliphatic heterocycles. The lowest BCUT2D eigenvalue weighted by Crippen LogP contribution is -2.43. The minimum Gasteiger partial charge on any atom is -0.466 e. The summed E-state index contributed by atoms with van der Waals surface area (Å²) in [4.78, 5) is 42.0. The lowest BCUT2D eigenvalue weighted by Gasteiger charge is -2.31. The molecule has 1 atom stereocenters. The lowest BCUT2D eigenvalue weighted by atomic mass is 9.97. The van der Waals surface area contributed by atoms with Gasteiger partial charge in [-0.25, -0.2) is 0 Å². The maximum absolute atomic E-state index is 13.4. The van der Waals surface area contributed by atoms with E-state index in [1.54, 1.807) is 16.7 Å². The Morgan fingerprint density at radius 3 is 2.22 bits per heavy atom. The first kappa shape index (κ1) is 25.2. The van der Waals surface area contributed by atoms with E-state index in [1.807, 2.05) is 84.9 Å². The summed E-state index contributed by atoms with van der Waals surface area (Å²) < 4.78 is 5.15. The average molecular weight is 485 g/mol. The summed E-state index contributed by atoms with van der Waals surface area (Å²) in [5, 5.41) is 0. The summed E-state index contributed by atoms with van der Waals surface area (Å²) in [6, 6.07) is 26.7. The molecule has 1 unspecified atom stereocenters. The van der Waals surface area contributed by atoms with Gasteiger partial charge in [-0.1, -0.05) is 60.7 Å². The van der Waals surface area contributed by atoms with Crippen LogP contribution in [0.15, 0.2) is 84.9 Å². The second kappa shape index (κ2) is 12.2. The van der Waals surface area contributed by atoms with Crippen molar-refractivity contribution < 1.29 is 19.1 Å². The molecule has 0 N–H and O–H groups in total. The molecule has 4 rings (SSSR count). The third-order valence-electron chi connectivity index (χ3n) is 6.45. The molecular weight excluding hydrogens is 452 g/mol. The number of amides is 2. The van der Waals surface area contributed by atoms with Crippen molar-refractivity contribution >= 4 is 23.5 Å². The first-order valence-corrected chi connectivity index (χ1v) is 12.5. The molecule has 0 aromatic heterocycles. The summed E-state index contributed by atoms with van der Waals surface area (Å²) in [6.07, 6.45) is 1.80. The zero-order valence-electron chi connectivity index (χ0n) is 20.6. The molecule has 6 nitrogen and oxygen atoms in total. The van der Waals surface area contributed by atoms with Gasteiger partial charge in [0.05, 0.1) is 25.5 Å². The summed E-state index contributed by atoms with van der Waals surface area (Å²) in [7, 11) is 0. The molecule has 3 aromatic rings. The summed E-state index contributed by atoms with van der Waals surface area (Å²) >= 11 is 0. The number of carbonyl (C=O) groups excluding carboxylic acids is 3. The number of rotatable bonds is 8. The summed E-state index contributed by atoms with van der Waals surface area (Å²) in [6.45, 7) is 3.65. The molecule has 0 saturated carbocycles. The van der Waals surface area contributed by atoms with Crippen LogP contribution in [0.2, 0.25) is 0 Å². The Balaban J connectivity index is 1.46. The van der Waals surface area contributed by atoms with E-state index in [0.717, 1.165) is 29.7 Å². The van der Waals surface area contributed by atoms with E-state index in [4.69, 9.17) is 4.74 Å². The molecule has 36 heavy (non-hydrogen) atoms. The van der Waals surface area contributed by atoms with Gasteiger partial charge >= 0.3 is 5.97 Å². The number of hydrogen-bond donors (Lipinski definition) is 0. The second-order valence-electron chi connectivity index (χ2n) is 9.02. The number of hydrogen-bond acceptors (Lipinski definition) is 4. The summed E-state index contributed by atoms with van der Waals surface area (Å²) in [5.74, 6) is -0.554. The third-order valence-corrected chi connectivity index (χ3v) is 6.45. The molecule has 1 fully saturated rings. The number of nitrogens with zero attached hydrogens (tertiary/aromatic N) is 2. The van der Waals surface area contributed by atoms with Crippen molar-refractivity contribution in [1.82, 2.24) is 4.90 Å². The van der Waals surface area contributed by atoms with Crippen LogP contribution in [0.4, 0.5) is 5.69 Å². The van der Waals surface area contributed by atoms with Gasteiger partial charge in [0.15, 0.2) is 0 Å². The minimum atomic E-state index is -0.249. The zero-order chi connectivity index (χ0) is 25.3. The molecule has 1 heterocycles. The van der Waals surface area contributed by atoms with E-state index >= 15 is 0 Å². The molecule has 0 radical (unpaired) electrons. The monoisotopic (exact) mass is 484 g/mol. The lowest BCUT2D eigenvalue weighted by molar-refractivity contribution is -0.151. The van der Waals surface area contributed by atoms with E-state index in [-0.39, 0.29) is 30.1 Å². The molecule has 2 amide bonds. The molecule has 1 aliphatic rings. The van der Waals surface area contributed by atoms with Crippen molar-refractivity contribution in [2.24, 2.45) is 5.92 Å². The zero-order valence-corrected chi connectivity index (χ0v) is 20.6. The number of benzene rings is 3. The fourth-order valence-electron chi connectivity index (χ4n) is 4.52. The van der Waals surface area contributed by atoms with Crippen LogP contribution in [0.25, 0.3) is 0 Å². The van der Waals surface area contributed by atoms with Gasteiger partial charge in [0.1, 0.15) is 0 Å². The van der Waals surface area contributed by atoms with Crippen molar-refractivity contribution in [1.29, 1.82) is 0 Å². The number of carbonyl (C=O) groups is 3. The largest absolute Gasteiger partial charge is 0.466 e. The molecule has 0 spiro atoms. The Labute approximate surface area is 212 Å². The van der Waals surface area contributed by atoms with Gasteiger partial charge in [-0.3, -0.25) is 14.4 Å². The van der Waals surface area contributed by atoms with Gasteiger partial charge in [0, 0.05) is 24.3 Å². The van der Waals surface area contributed by atoms with E-state index in [0.29, 0.717) is 31.8 Å². The van der Waals surface area contributed by atoms with Crippen LogP contribution in [0.5, 0.6) is 0 Å². The quantitative estimate of drug-likeness (QED) is 0.428. The van der Waals surface area contributed by atoms with Crippen molar-refractivity contribution in [3.63, 3.8) is 0 Å². The Hall–Kier alpha value is -3.93. The maximum Gasteiger partial charge on any atom is 0.310 e. The van der Waals surface area contributed by atoms with Crippen molar-refractivity contribution in [2.75, 3.05) is 24.6 Å². The van der Waals surface area contributed by atoms with Gasteiger partial charge in [0.25, 0.3) is 5.91 Å². The number of esters is 1. The van der Waals surface area contributed by atoms with Crippen molar-refractivity contribution in [3.8, 4) is 0 Å². The molecule has 1 saturated heterocycles. The highest BCUT2D eigenvalue weighted by molar-refractivity contribution is 6.06. The molecule has 6 heteroatoms. The van der Waals surface area contributed by atoms with Gasteiger partial charge in [-0.15, -0.1) is 0 Å². The van der Waals surface area contributed by atoms with Crippen molar-refractivity contribution in [3.05, 3.63) is 102 Å². The highest BCUT2D eigenvalue weighted by Gasteiger charge is 2.29. The van der Waals surface area contributed by atoms with Crippen LogP contribution >= 0.6 is 0 Å². The second-order valence-corrected chi connectivity index (χ2v) is 9.02. The standard InChI is InChI=1S/C30H32N2O4/c1-2-36-30(35)26-14-9-19-31(22-26)28(33)20-23-15-17-27(18-16-23)32(21-24-10-5-3-6-11-24)29(34)25-12-7-4-8-13-25/h3-8,10-13,15-18,26H,2,9,14,19-22H2,1H3. The van der Waals surface area contributed by atoms with Crippen LogP contribution in [0, 0.1) is 5.92 Å². The van der Waals surface area contributed by atoms with E-state index in [9.17, 15) is 14.4 Å². The van der Waals surface area contributed by atoms with Gasteiger partial charge in [-0.05, 0) is 55.2 Å². The minimum absolute atomic E-state index is 0.00162. The van der Waals surface area contributed by atoms with Gasteiger partial charge in [-0.2, -0.15) is 0 Å². The topological polar surface area (TPSA) is 66.9 Å². The van der Waals surface area contributed by atoms with Gasteiger partial charge < -0.3 is 14.5 Å². The molecular formula is C30H32N2O4. The molecule has 3 aromatic carbocycles. The predicted molar refractivity (Wildman–Crippen MR) is 139 cm³/mol. The molecule has 0 bridgehead atoms. The van der Waals surface area contributed by atoms with Crippen molar-refractivity contribution in [2.45, 2.75) is 32.7 Å². The number of ether oxygens (including phenoxy) is 1. The highest BCUT2D eigenvalue weighted by Crippen LogP contribution is 2.23. The maximum atomic E-state index is 13.4. The van der Waals surface area contributed by atoms with E-state index < -0.39 is 0 Å². The SMILES string of the molecule is CCOC(=O)C1CCCN(C(=O)Cc2ccc(N(Cc3ccccc3)C(=O)c3ccccc3)cc2)C1.